The Morgan fingerprint density at radius 3 is 2.67 bits per heavy atom. The summed E-state index contributed by atoms with van der Waals surface area (Å²) in [6, 6.07) is 8.06. The van der Waals surface area contributed by atoms with Gasteiger partial charge in [0.05, 0.1) is 5.39 Å². The van der Waals surface area contributed by atoms with Crippen molar-refractivity contribution < 1.29 is 9.47 Å². The zero-order valence-electron chi connectivity index (χ0n) is 13.8. The van der Waals surface area contributed by atoms with E-state index in [4.69, 9.17) is 9.47 Å². The molecule has 0 saturated heterocycles. The van der Waals surface area contributed by atoms with Crippen molar-refractivity contribution in [1.82, 2.24) is 9.97 Å². The lowest BCUT2D eigenvalue weighted by Gasteiger charge is -2.19. The van der Waals surface area contributed by atoms with Crippen LogP contribution in [0.25, 0.3) is 10.2 Å². The second-order valence-electron chi connectivity index (χ2n) is 5.61. The SMILES string of the molecule is CCc1nc(Nc2ccc3c(c2)OCCO3)c2cc(CC)sc2n1. The topological polar surface area (TPSA) is 56.3 Å². The number of aromatic nitrogens is 2. The van der Waals surface area contributed by atoms with Crippen LogP contribution in [0.5, 0.6) is 11.5 Å². The molecule has 0 spiro atoms. The molecule has 1 aliphatic rings. The molecule has 4 rings (SSSR count). The van der Waals surface area contributed by atoms with Gasteiger partial charge in [-0.3, -0.25) is 0 Å². The maximum Gasteiger partial charge on any atom is 0.163 e. The Morgan fingerprint density at radius 1 is 1.04 bits per heavy atom. The Kier molecular flexibility index (Phi) is 3.98. The molecule has 0 radical (unpaired) electrons. The third kappa shape index (κ3) is 2.78. The number of thiophene rings is 1. The summed E-state index contributed by atoms with van der Waals surface area (Å²) in [4.78, 5) is 11.7. The van der Waals surface area contributed by atoms with Crippen molar-refractivity contribution in [2.75, 3.05) is 18.5 Å². The van der Waals surface area contributed by atoms with E-state index in [2.05, 4.69) is 35.2 Å². The summed E-state index contributed by atoms with van der Waals surface area (Å²) in [6.07, 6.45) is 1.82. The average Bonchev–Trinajstić information content (AvgIpc) is 3.05. The summed E-state index contributed by atoms with van der Waals surface area (Å²) >= 11 is 1.74. The minimum atomic E-state index is 0.582. The number of fused-ring (bicyclic) bond motifs is 2. The monoisotopic (exact) mass is 341 g/mol. The molecule has 0 amide bonds. The van der Waals surface area contributed by atoms with Gasteiger partial charge in [0.1, 0.15) is 29.7 Å². The van der Waals surface area contributed by atoms with Gasteiger partial charge in [0, 0.05) is 23.1 Å². The van der Waals surface area contributed by atoms with E-state index in [-0.39, 0.29) is 0 Å². The number of nitrogens with zero attached hydrogens (tertiary/aromatic N) is 2. The summed E-state index contributed by atoms with van der Waals surface area (Å²) in [7, 11) is 0. The van der Waals surface area contributed by atoms with Gasteiger partial charge in [0.25, 0.3) is 0 Å². The van der Waals surface area contributed by atoms with Crippen LogP contribution in [0.2, 0.25) is 0 Å². The molecule has 1 aliphatic heterocycles. The van der Waals surface area contributed by atoms with Crippen LogP contribution in [0.3, 0.4) is 0 Å². The van der Waals surface area contributed by atoms with Gasteiger partial charge in [-0.25, -0.2) is 9.97 Å². The summed E-state index contributed by atoms with van der Waals surface area (Å²) in [5.41, 5.74) is 0.936. The van der Waals surface area contributed by atoms with E-state index >= 15 is 0 Å². The summed E-state index contributed by atoms with van der Waals surface area (Å²) in [5.74, 6) is 3.26. The molecule has 0 unspecified atom stereocenters. The number of ether oxygens (including phenoxy) is 2. The molecule has 1 aromatic carbocycles. The van der Waals surface area contributed by atoms with Crippen LogP contribution in [0, 0.1) is 0 Å². The van der Waals surface area contributed by atoms with Crippen LogP contribution in [0.4, 0.5) is 11.5 Å². The molecule has 3 heterocycles. The van der Waals surface area contributed by atoms with Crippen LogP contribution < -0.4 is 14.8 Å². The van der Waals surface area contributed by atoms with Gasteiger partial charge < -0.3 is 14.8 Å². The van der Waals surface area contributed by atoms with Gasteiger partial charge >= 0.3 is 0 Å². The molecule has 24 heavy (non-hydrogen) atoms. The van der Waals surface area contributed by atoms with Crippen LogP contribution in [0.1, 0.15) is 24.5 Å². The van der Waals surface area contributed by atoms with E-state index in [9.17, 15) is 0 Å². The predicted molar refractivity (Wildman–Crippen MR) is 96.9 cm³/mol. The van der Waals surface area contributed by atoms with Gasteiger partial charge in [0.15, 0.2) is 11.5 Å². The minimum Gasteiger partial charge on any atom is -0.486 e. The number of aryl methyl sites for hydroxylation is 2. The maximum atomic E-state index is 5.66. The minimum absolute atomic E-state index is 0.582. The molecule has 0 atom stereocenters. The number of hydrogen-bond acceptors (Lipinski definition) is 6. The van der Waals surface area contributed by atoms with Gasteiger partial charge in [-0.05, 0) is 24.6 Å². The van der Waals surface area contributed by atoms with E-state index in [0.29, 0.717) is 13.2 Å². The van der Waals surface area contributed by atoms with Crippen LogP contribution in [0.15, 0.2) is 24.3 Å². The molecule has 5 nitrogen and oxygen atoms in total. The highest BCUT2D eigenvalue weighted by Crippen LogP contribution is 2.35. The Hall–Kier alpha value is -2.34. The van der Waals surface area contributed by atoms with E-state index in [1.807, 2.05) is 18.2 Å². The van der Waals surface area contributed by atoms with E-state index < -0.39 is 0 Å². The standard InChI is InChI=1S/C18H19N3O2S/c1-3-12-10-13-17(20-16(4-2)21-18(13)24-12)19-11-5-6-14-15(9-11)23-8-7-22-14/h5-6,9-10H,3-4,7-8H2,1-2H3,(H,19,20,21). The number of nitrogens with one attached hydrogen (secondary N) is 1. The van der Waals surface area contributed by atoms with E-state index in [0.717, 1.165) is 51.9 Å². The molecule has 2 aromatic heterocycles. The Morgan fingerprint density at radius 2 is 1.88 bits per heavy atom. The van der Waals surface area contributed by atoms with Crippen molar-refractivity contribution in [3.05, 3.63) is 35.0 Å². The largest absolute Gasteiger partial charge is 0.486 e. The molecule has 0 saturated carbocycles. The Bertz CT molecular complexity index is 891. The average molecular weight is 341 g/mol. The first-order chi connectivity index (χ1) is 11.8. The molecule has 0 aliphatic carbocycles. The highest BCUT2D eigenvalue weighted by Gasteiger charge is 2.14. The van der Waals surface area contributed by atoms with Gasteiger partial charge in [0.2, 0.25) is 0 Å². The third-order valence-electron chi connectivity index (χ3n) is 3.96. The zero-order chi connectivity index (χ0) is 16.5. The number of benzene rings is 1. The molecule has 6 heteroatoms. The molecule has 0 fully saturated rings. The number of hydrogen-bond donors (Lipinski definition) is 1. The number of rotatable bonds is 4. The maximum absolute atomic E-state index is 5.66. The predicted octanol–water partition coefficient (Wildman–Crippen LogP) is 4.33. The van der Waals surface area contributed by atoms with Gasteiger partial charge in [-0.1, -0.05) is 13.8 Å². The van der Waals surface area contributed by atoms with Crippen LogP contribution >= 0.6 is 11.3 Å². The smallest absolute Gasteiger partial charge is 0.163 e. The van der Waals surface area contributed by atoms with Gasteiger partial charge in [-0.15, -0.1) is 11.3 Å². The molecular formula is C18H19N3O2S. The van der Waals surface area contributed by atoms with Crippen LogP contribution in [-0.2, 0) is 12.8 Å². The van der Waals surface area contributed by atoms with Crippen molar-refractivity contribution >= 4 is 33.1 Å². The molecule has 1 N–H and O–H groups in total. The Labute approximate surface area is 144 Å². The second kappa shape index (κ2) is 6.28. The quantitative estimate of drug-likeness (QED) is 0.765. The second-order valence-corrected chi connectivity index (χ2v) is 6.73. The fraction of sp³-hybridized carbons (Fsp3) is 0.333. The number of anilines is 2. The van der Waals surface area contributed by atoms with Crippen molar-refractivity contribution in [2.45, 2.75) is 26.7 Å². The molecule has 124 valence electrons. The lowest BCUT2D eigenvalue weighted by molar-refractivity contribution is 0.171. The first-order valence-electron chi connectivity index (χ1n) is 8.22. The zero-order valence-corrected chi connectivity index (χ0v) is 14.6. The first kappa shape index (κ1) is 15.2. The third-order valence-corrected chi connectivity index (χ3v) is 5.13. The van der Waals surface area contributed by atoms with Crippen molar-refractivity contribution in [2.24, 2.45) is 0 Å². The van der Waals surface area contributed by atoms with E-state index in [1.165, 1.54) is 4.88 Å². The van der Waals surface area contributed by atoms with Crippen molar-refractivity contribution in [1.29, 1.82) is 0 Å². The van der Waals surface area contributed by atoms with Crippen molar-refractivity contribution in [3.8, 4) is 11.5 Å². The fourth-order valence-electron chi connectivity index (χ4n) is 2.70. The van der Waals surface area contributed by atoms with Gasteiger partial charge in [-0.2, -0.15) is 0 Å². The summed E-state index contributed by atoms with van der Waals surface area (Å²) < 4.78 is 11.2. The lowest BCUT2D eigenvalue weighted by Crippen LogP contribution is -2.15. The molecule has 0 bridgehead atoms. The Balaban J connectivity index is 1.74. The lowest BCUT2D eigenvalue weighted by atomic mass is 10.2. The normalized spacial score (nSPS) is 13.2. The first-order valence-corrected chi connectivity index (χ1v) is 9.04. The fourth-order valence-corrected chi connectivity index (χ4v) is 3.69. The summed E-state index contributed by atoms with van der Waals surface area (Å²) in [5, 5.41) is 4.50. The summed E-state index contributed by atoms with van der Waals surface area (Å²) in [6.45, 7) is 5.41. The van der Waals surface area contributed by atoms with Crippen LogP contribution in [-0.4, -0.2) is 23.2 Å². The highest BCUT2D eigenvalue weighted by molar-refractivity contribution is 7.18. The van der Waals surface area contributed by atoms with Crippen molar-refractivity contribution in [3.63, 3.8) is 0 Å². The molecule has 3 aromatic rings. The molecular weight excluding hydrogens is 322 g/mol. The highest BCUT2D eigenvalue weighted by atomic mass is 32.1. The van der Waals surface area contributed by atoms with E-state index in [1.54, 1.807) is 11.3 Å².